The molecule has 0 aliphatic heterocycles. The van der Waals surface area contributed by atoms with Gasteiger partial charge in [0.2, 0.25) is 0 Å². The van der Waals surface area contributed by atoms with Crippen LogP contribution in [0.25, 0.3) is 0 Å². The average molecular weight is 138 g/mol. The Kier molecular flexibility index (Phi) is 2.04. The Morgan fingerprint density at radius 1 is 1.80 bits per heavy atom. The van der Waals surface area contributed by atoms with Gasteiger partial charge in [-0.3, -0.25) is 4.99 Å². The van der Waals surface area contributed by atoms with Crippen molar-refractivity contribution < 1.29 is 0 Å². The number of H-pyrrole nitrogens is 1. The highest BCUT2D eigenvalue weighted by Gasteiger charge is 1.97. The molecule has 2 N–H and O–H groups in total. The van der Waals surface area contributed by atoms with Gasteiger partial charge < -0.3 is 10.3 Å². The second-order valence-electron chi connectivity index (χ2n) is 1.80. The van der Waals surface area contributed by atoms with Gasteiger partial charge in [-0.2, -0.15) is 0 Å². The molecule has 10 heavy (non-hydrogen) atoms. The normalized spacial score (nSPS) is 10.6. The van der Waals surface area contributed by atoms with E-state index in [0.717, 1.165) is 11.5 Å². The largest absolute Gasteiger partial charge is 0.371 e. The molecular formula is C6H10N4. The lowest BCUT2D eigenvalue weighted by Crippen LogP contribution is -1.92. The number of hydrogen-bond donors (Lipinski definition) is 2. The Morgan fingerprint density at radius 2 is 2.60 bits per heavy atom. The Bertz CT molecular complexity index is 225. The van der Waals surface area contributed by atoms with Crippen molar-refractivity contribution in [3.8, 4) is 0 Å². The fraction of sp³-hybridized carbons (Fsp3) is 0.333. The molecule has 0 saturated heterocycles. The Balaban J connectivity index is 2.90. The van der Waals surface area contributed by atoms with Gasteiger partial charge in [0.1, 0.15) is 5.69 Å². The third kappa shape index (κ3) is 1.15. The summed E-state index contributed by atoms with van der Waals surface area (Å²) in [6, 6.07) is 0. The van der Waals surface area contributed by atoms with Crippen molar-refractivity contribution >= 4 is 12.0 Å². The van der Waals surface area contributed by atoms with Crippen molar-refractivity contribution in [3.05, 3.63) is 12.0 Å². The van der Waals surface area contributed by atoms with Gasteiger partial charge in [0, 0.05) is 20.3 Å². The van der Waals surface area contributed by atoms with Crippen LogP contribution in [0.3, 0.4) is 0 Å². The fourth-order valence-corrected chi connectivity index (χ4v) is 0.731. The van der Waals surface area contributed by atoms with Gasteiger partial charge in [-0.1, -0.05) is 0 Å². The van der Waals surface area contributed by atoms with Crippen LogP contribution in [0.4, 0.5) is 5.82 Å². The topological polar surface area (TPSA) is 53.1 Å². The summed E-state index contributed by atoms with van der Waals surface area (Å²) in [5, 5.41) is 2.93. The van der Waals surface area contributed by atoms with E-state index in [4.69, 9.17) is 0 Å². The standard InChI is InChI=1S/C6H10N4/c1-7-3-5-6(8-2)10-4-9-5/h3-4,8H,1-2H3,(H,9,10). The summed E-state index contributed by atoms with van der Waals surface area (Å²) in [4.78, 5) is 10.8. The molecule has 0 unspecified atom stereocenters. The van der Waals surface area contributed by atoms with E-state index in [1.54, 1.807) is 19.6 Å². The lowest BCUT2D eigenvalue weighted by atomic mass is 10.5. The van der Waals surface area contributed by atoms with E-state index in [2.05, 4.69) is 20.3 Å². The number of imidazole rings is 1. The molecule has 0 amide bonds. The molecule has 1 aromatic heterocycles. The average Bonchev–Trinajstić information content (AvgIpc) is 2.36. The Labute approximate surface area is 59.4 Å². The molecule has 0 saturated carbocycles. The zero-order valence-electron chi connectivity index (χ0n) is 6.05. The van der Waals surface area contributed by atoms with Gasteiger partial charge in [0.15, 0.2) is 5.82 Å². The van der Waals surface area contributed by atoms with Crippen LogP contribution in [0.15, 0.2) is 11.3 Å². The summed E-state index contributed by atoms with van der Waals surface area (Å²) in [5.74, 6) is 0.825. The van der Waals surface area contributed by atoms with Crippen LogP contribution < -0.4 is 5.32 Å². The maximum Gasteiger partial charge on any atom is 0.152 e. The van der Waals surface area contributed by atoms with E-state index in [-0.39, 0.29) is 0 Å². The van der Waals surface area contributed by atoms with E-state index in [1.165, 1.54) is 0 Å². The highest BCUT2D eigenvalue weighted by molar-refractivity contribution is 5.83. The molecule has 54 valence electrons. The molecule has 0 aromatic carbocycles. The van der Waals surface area contributed by atoms with E-state index in [0.29, 0.717) is 0 Å². The third-order valence-corrected chi connectivity index (χ3v) is 1.16. The van der Waals surface area contributed by atoms with E-state index >= 15 is 0 Å². The Morgan fingerprint density at radius 3 is 3.20 bits per heavy atom. The summed E-state index contributed by atoms with van der Waals surface area (Å²) in [5.41, 5.74) is 0.907. The van der Waals surface area contributed by atoms with Gasteiger partial charge in [0.05, 0.1) is 6.33 Å². The van der Waals surface area contributed by atoms with Crippen molar-refractivity contribution in [3.63, 3.8) is 0 Å². The second kappa shape index (κ2) is 3.00. The van der Waals surface area contributed by atoms with Gasteiger partial charge in [0.25, 0.3) is 0 Å². The van der Waals surface area contributed by atoms with Gasteiger partial charge in [-0.05, 0) is 0 Å². The minimum Gasteiger partial charge on any atom is -0.371 e. The van der Waals surface area contributed by atoms with Crippen molar-refractivity contribution in [1.29, 1.82) is 0 Å². The molecule has 0 bridgehead atoms. The van der Waals surface area contributed by atoms with E-state index in [1.807, 2.05) is 7.05 Å². The zero-order chi connectivity index (χ0) is 7.40. The summed E-state index contributed by atoms with van der Waals surface area (Å²) in [7, 11) is 3.55. The molecule has 1 rings (SSSR count). The summed E-state index contributed by atoms with van der Waals surface area (Å²) in [6.45, 7) is 0. The Hall–Kier alpha value is -1.32. The van der Waals surface area contributed by atoms with Crippen molar-refractivity contribution in [1.82, 2.24) is 9.97 Å². The molecule has 0 aliphatic rings. The molecule has 4 nitrogen and oxygen atoms in total. The minimum atomic E-state index is 0.825. The monoisotopic (exact) mass is 138 g/mol. The summed E-state index contributed by atoms with van der Waals surface area (Å²) in [6.07, 6.45) is 3.35. The lowest BCUT2D eigenvalue weighted by molar-refractivity contribution is 1.30. The van der Waals surface area contributed by atoms with Gasteiger partial charge in [-0.25, -0.2) is 4.98 Å². The molecule has 0 spiro atoms. The maximum atomic E-state index is 4.00. The second-order valence-corrected chi connectivity index (χ2v) is 1.80. The number of rotatable bonds is 2. The molecule has 1 heterocycles. The number of nitrogens with zero attached hydrogens (tertiary/aromatic N) is 2. The van der Waals surface area contributed by atoms with Crippen molar-refractivity contribution in [2.45, 2.75) is 0 Å². The maximum absolute atomic E-state index is 4.00. The number of aromatic amines is 1. The first-order valence-electron chi connectivity index (χ1n) is 3.01. The van der Waals surface area contributed by atoms with Gasteiger partial charge >= 0.3 is 0 Å². The molecule has 0 aliphatic carbocycles. The van der Waals surface area contributed by atoms with Crippen LogP contribution >= 0.6 is 0 Å². The van der Waals surface area contributed by atoms with Crippen LogP contribution in [0.2, 0.25) is 0 Å². The molecule has 0 fully saturated rings. The molecule has 1 aromatic rings. The molecule has 0 radical (unpaired) electrons. The number of aromatic nitrogens is 2. The number of hydrogen-bond acceptors (Lipinski definition) is 3. The van der Waals surface area contributed by atoms with E-state index < -0.39 is 0 Å². The highest BCUT2D eigenvalue weighted by atomic mass is 15.0. The first-order valence-corrected chi connectivity index (χ1v) is 3.01. The van der Waals surface area contributed by atoms with E-state index in [9.17, 15) is 0 Å². The molecular weight excluding hydrogens is 128 g/mol. The SMILES string of the molecule is CN=Cc1[nH]cnc1NC. The third-order valence-electron chi connectivity index (χ3n) is 1.16. The molecule has 0 atom stereocenters. The van der Waals surface area contributed by atoms with Crippen LogP contribution in [-0.2, 0) is 0 Å². The smallest absolute Gasteiger partial charge is 0.152 e. The number of nitrogens with one attached hydrogen (secondary N) is 2. The minimum absolute atomic E-state index is 0.825. The van der Waals surface area contributed by atoms with Crippen LogP contribution in [-0.4, -0.2) is 30.3 Å². The van der Waals surface area contributed by atoms with Crippen molar-refractivity contribution in [2.24, 2.45) is 4.99 Å². The van der Waals surface area contributed by atoms with Crippen LogP contribution in [0.5, 0.6) is 0 Å². The molecule has 4 heteroatoms. The fourth-order valence-electron chi connectivity index (χ4n) is 0.731. The quantitative estimate of drug-likeness (QED) is 0.585. The zero-order valence-corrected chi connectivity index (χ0v) is 6.05. The van der Waals surface area contributed by atoms with Crippen molar-refractivity contribution in [2.75, 3.05) is 19.4 Å². The summed E-state index contributed by atoms with van der Waals surface area (Å²) >= 11 is 0. The lowest BCUT2D eigenvalue weighted by Gasteiger charge is -1.92. The van der Waals surface area contributed by atoms with Crippen LogP contribution in [0.1, 0.15) is 5.69 Å². The predicted molar refractivity (Wildman–Crippen MR) is 41.7 cm³/mol. The first kappa shape index (κ1) is 6.80. The highest BCUT2D eigenvalue weighted by Crippen LogP contribution is 2.03. The number of aliphatic imine (C=N–C) groups is 1. The number of anilines is 1. The van der Waals surface area contributed by atoms with Gasteiger partial charge in [-0.15, -0.1) is 0 Å². The van der Waals surface area contributed by atoms with Crippen LogP contribution in [0, 0.1) is 0 Å². The summed E-state index contributed by atoms with van der Waals surface area (Å²) < 4.78 is 0. The predicted octanol–water partition coefficient (Wildman–Crippen LogP) is 0.500. The first-order chi connectivity index (χ1) is 4.88.